The van der Waals surface area contributed by atoms with Gasteiger partial charge in [-0.15, -0.1) is 0 Å². The van der Waals surface area contributed by atoms with Crippen LogP contribution in [0.3, 0.4) is 0 Å². The first-order valence-electron chi connectivity index (χ1n) is 5.68. The van der Waals surface area contributed by atoms with Crippen LogP contribution in [0.1, 0.15) is 27.9 Å². The number of rotatable bonds is 4. The Morgan fingerprint density at radius 1 is 1.47 bits per heavy atom. The summed E-state index contributed by atoms with van der Waals surface area (Å²) in [6.45, 7) is 2.45. The number of aryl methyl sites for hydroxylation is 2. The van der Waals surface area contributed by atoms with E-state index in [9.17, 15) is 9.90 Å². The van der Waals surface area contributed by atoms with Crippen LogP contribution in [0.15, 0.2) is 18.3 Å². The number of carboxylic acids is 1. The molecular formula is C13H16N2O2. The van der Waals surface area contributed by atoms with Crippen LogP contribution in [0, 0.1) is 6.92 Å². The van der Waals surface area contributed by atoms with E-state index in [2.05, 4.69) is 4.98 Å². The molecular weight excluding hydrogens is 216 g/mol. The predicted octanol–water partition coefficient (Wildman–Crippen LogP) is 2.07. The number of carbonyl (C=O) groups is 1. The molecule has 0 saturated carbocycles. The van der Waals surface area contributed by atoms with Gasteiger partial charge in [0, 0.05) is 11.6 Å². The van der Waals surface area contributed by atoms with Crippen molar-refractivity contribution in [1.82, 2.24) is 4.98 Å². The highest BCUT2D eigenvalue weighted by Gasteiger charge is 2.14. The van der Waals surface area contributed by atoms with Gasteiger partial charge in [0.15, 0.2) is 0 Å². The van der Waals surface area contributed by atoms with E-state index in [1.165, 1.54) is 0 Å². The molecule has 17 heavy (non-hydrogen) atoms. The van der Waals surface area contributed by atoms with E-state index >= 15 is 0 Å². The third kappa shape index (κ3) is 2.03. The molecule has 0 aliphatic rings. The molecule has 0 atom stereocenters. The van der Waals surface area contributed by atoms with E-state index in [-0.39, 0.29) is 0 Å². The Morgan fingerprint density at radius 2 is 2.24 bits per heavy atom. The van der Waals surface area contributed by atoms with Gasteiger partial charge in [-0.25, -0.2) is 4.79 Å². The minimum atomic E-state index is -0.889. The van der Waals surface area contributed by atoms with Gasteiger partial charge >= 0.3 is 5.97 Å². The minimum Gasteiger partial charge on any atom is -0.478 e. The number of nitrogens with two attached hydrogens (primary N) is 1. The fourth-order valence-corrected chi connectivity index (χ4v) is 2.14. The van der Waals surface area contributed by atoms with Crippen molar-refractivity contribution in [1.29, 1.82) is 0 Å². The van der Waals surface area contributed by atoms with E-state index in [1.807, 2.05) is 25.3 Å². The summed E-state index contributed by atoms with van der Waals surface area (Å²) in [5.41, 5.74) is 8.47. The average molecular weight is 232 g/mol. The lowest BCUT2D eigenvalue weighted by Crippen LogP contribution is -2.01. The Balaban J connectivity index is 2.56. The zero-order valence-corrected chi connectivity index (χ0v) is 9.79. The van der Waals surface area contributed by atoms with Gasteiger partial charge in [-0.3, -0.25) is 0 Å². The minimum absolute atomic E-state index is 0.362. The van der Waals surface area contributed by atoms with Gasteiger partial charge in [0.25, 0.3) is 0 Å². The number of H-pyrrole nitrogens is 1. The molecule has 0 spiro atoms. The van der Waals surface area contributed by atoms with E-state index in [0.29, 0.717) is 17.6 Å². The molecule has 0 amide bonds. The molecule has 1 aromatic carbocycles. The highest BCUT2D eigenvalue weighted by Crippen LogP contribution is 2.25. The highest BCUT2D eigenvalue weighted by molar-refractivity contribution is 6.04. The van der Waals surface area contributed by atoms with Crippen LogP contribution in [0.4, 0.5) is 0 Å². The van der Waals surface area contributed by atoms with Crippen LogP contribution in [-0.4, -0.2) is 22.6 Å². The maximum atomic E-state index is 11.2. The van der Waals surface area contributed by atoms with Gasteiger partial charge in [0.05, 0.1) is 11.1 Å². The summed E-state index contributed by atoms with van der Waals surface area (Å²) in [6, 6.07) is 3.82. The highest BCUT2D eigenvalue weighted by atomic mass is 16.4. The number of carboxylic acid groups (broad SMARTS) is 1. The first kappa shape index (κ1) is 11.7. The Morgan fingerprint density at radius 3 is 2.88 bits per heavy atom. The Labute approximate surface area is 99.4 Å². The lowest BCUT2D eigenvalue weighted by atomic mass is 10.0. The van der Waals surface area contributed by atoms with Crippen molar-refractivity contribution in [3.8, 4) is 0 Å². The van der Waals surface area contributed by atoms with Crippen molar-refractivity contribution >= 4 is 16.9 Å². The SMILES string of the molecule is Cc1ccc2c(CCCN)c[nH]c2c1C(=O)O. The van der Waals surface area contributed by atoms with E-state index in [1.54, 1.807) is 0 Å². The molecule has 0 radical (unpaired) electrons. The monoisotopic (exact) mass is 232 g/mol. The number of aromatic carboxylic acids is 1. The maximum absolute atomic E-state index is 11.2. The molecule has 2 rings (SSSR count). The summed E-state index contributed by atoms with van der Waals surface area (Å²) in [7, 11) is 0. The molecule has 1 heterocycles. The summed E-state index contributed by atoms with van der Waals surface area (Å²) >= 11 is 0. The average Bonchev–Trinajstić information content (AvgIpc) is 2.68. The summed E-state index contributed by atoms with van der Waals surface area (Å²) in [6.07, 6.45) is 3.66. The van der Waals surface area contributed by atoms with Crippen LogP contribution in [0.5, 0.6) is 0 Å². The molecule has 4 N–H and O–H groups in total. The second-order valence-corrected chi connectivity index (χ2v) is 4.19. The van der Waals surface area contributed by atoms with Gasteiger partial charge < -0.3 is 15.8 Å². The van der Waals surface area contributed by atoms with Crippen molar-refractivity contribution in [3.05, 3.63) is 35.0 Å². The number of hydrogen-bond donors (Lipinski definition) is 3. The van der Waals surface area contributed by atoms with Gasteiger partial charge in [0.2, 0.25) is 0 Å². The van der Waals surface area contributed by atoms with Crippen LogP contribution < -0.4 is 5.73 Å². The second kappa shape index (κ2) is 4.59. The topological polar surface area (TPSA) is 79.1 Å². The van der Waals surface area contributed by atoms with Crippen molar-refractivity contribution in [2.45, 2.75) is 19.8 Å². The third-order valence-corrected chi connectivity index (χ3v) is 3.01. The van der Waals surface area contributed by atoms with Gasteiger partial charge in [-0.1, -0.05) is 12.1 Å². The zero-order chi connectivity index (χ0) is 12.4. The number of benzene rings is 1. The molecule has 1 aromatic heterocycles. The van der Waals surface area contributed by atoms with Gasteiger partial charge in [-0.05, 0) is 37.4 Å². The van der Waals surface area contributed by atoms with Crippen molar-refractivity contribution in [2.24, 2.45) is 5.73 Å². The van der Waals surface area contributed by atoms with E-state index in [4.69, 9.17) is 5.73 Å². The van der Waals surface area contributed by atoms with Crippen LogP contribution >= 0.6 is 0 Å². The molecule has 2 aromatic rings. The molecule has 0 saturated heterocycles. The number of nitrogens with one attached hydrogen (secondary N) is 1. The fourth-order valence-electron chi connectivity index (χ4n) is 2.14. The summed E-state index contributed by atoms with van der Waals surface area (Å²) in [5, 5.41) is 10.2. The molecule has 0 bridgehead atoms. The standard InChI is InChI=1S/C13H16N2O2/c1-8-4-5-10-9(3-2-6-14)7-15-12(10)11(8)13(16)17/h4-5,7,15H,2-3,6,14H2,1H3,(H,16,17). The Kier molecular flexibility index (Phi) is 3.15. The maximum Gasteiger partial charge on any atom is 0.338 e. The third-order valence-electron chi connectivity index (χ3n) is 3.01. The van der Waals surface area contributed by atoms with E-state index in [0.717, 1.165) is 29.4 Å². The molecule has 0 fully saturated rings. The molecule has 0 aliphatic heterocycles. The Hall–Kier alpha value is -1.81. The molecule has 4 nitrogen and oxygen atoms in total. The first-order chi connectivity index (χ1) is 8.15. The number of hydrogen-bond acceptors (Lipinski definition) is 2. The predicted molar refractivity (Wildman–Crippen MR) is 67.4 cm³/mol. The summed E-state index contributed by atoms with van der Waals surface area (Å²) in [5.74, 6) is -0.889. The second-order valence-electron chi connectivity index (χ2n) is 4.19. The largest absolute Gasteiger partial charge is 0.478 e. The Bertz CT molecular complexity index is 558. The van der Waals surface area contributed by atoms with Gasteiger partial charge in [-0.2, -0.15) is 0 Å². The summed E-state index contributed by atoms with van der Waals surface area (Å²) < 4.78 is 0. The van der Waals surface area contributed by atoms with Crippen LogP contribution in [0.25, 0.3) is 10.9 Å². The van der Waals surface area contributed by atoms with Crippen LogP contribution in [0.2, 0.25) is 0 Å². The lowest BCUT2D eigenvalue weighted by molar-refractivity contribution is 0.0698. The number of aromatic nitrogens is 1. The van der Waals surface area contributed by atoms with Crippen molar-refractivity contribution in [2.75, 3.05) is 6.54 Å². The first-order valence-corrected chi connectivity index (χ1v) is 5.68. The van der Waals surface area contributed by atoms with Crippen molar-refractivity contribution < 1.29 is 9.90 Å². The summed E-state index contributed by atoms with van der Waals surface area (Å²) in [4.78, 5) is 14.3. The van der Waals surface area contributed by atoms with Crippen LogP contribution in [-0.2, 0) is 6.42 Å². The zero-order valence-electron chi connectivity index (χ0n) is 9.79. The normalized spacial score (nSPS) is 10.9. The molecule has 4 heteroatoms. The quantitative estimate of drug-likeness (QED) is 0.755. The number of aromatic amines is 1. The van der Waals surface area contributed by atoms with Crippen molar-refractivity contribution in [3.63, 3.8) is 0 Å². The molecule has 90 valence electrons. The lowest BCUT2D eigenvalue weighted by Gasteiger charge is -2.03. The fraction of sp³-hybridized carbons (Fsp3) is 0.308. The van der Waals surface area contributed by atoms with E-state index < -0.39 is 5.97 Å². The van der Waals surface area contributed by atoms with Gasteiger partial charge in [0.1, 0.15) is 0 Å². The molecule has 0 aliphatic carbocycles. The smallest absolute Gasteiger partial charge is 0.338 e. The number of fused-ring (bicyclic) bond motifs is 1. The molecule has 0 unspecified atom stereocenters.